The van der Waals surface area contributed by atoms with Crippen molar-refractivity contribution in [2.75, 3.05) is 20.2 Å². The van der Waals surface area contributed by atoms with E-state index >= 15 is 0 Å². The normalized spacial score (nSPS) is 9.73. The zero-order chi connectivity index (χ0) is 9.11. The Hall–Kier alpha value is -0.940. The molecule has 0 unspecified atom stereocenters. The lowest BCUT2D eigenvalue weighted by atomic mass is 10.4. The Bertz CT molecular complexity index is 108. The van der Waals surface area contributed by atoms with Crippen molar-refractivity contribution in [1.29, 1.82) is 0 Å². The van der Waals surface area contributed by atoms with Gasteiger partial charge in [-0.1, -0.05) is 0 Å². The summed E-state index contributed by atoms with van der Waals surface area (Å²) in [4.78, 5) is 0. The molecule has 0 heterocycles. The van der Waals surface area contributed by atoms with Gasteiger partial charge in [0.25, 0.3) is 0 Å². The van der Waals surface area contributed by atoms with Gasteiger partial charge in [-0.05, 0) is 27.0 Å². The van der Waals surface area contributed by atoms with Crippen LogP contribution >= 0.6 is 0 Å². The van der Waals surface area contributed by atoms with Crippen LogP contribution in [0.3, 0.4) is 0 Å². The summed E-state index contributed by atoms with van der Waals surface area (Å²) in [6.07, 6.45) is 9.97. The quantitative estimate of drug-likeness (QED) is 0.489. The van der Waals surface area contributed by atoms with Crippen LogP contribution in [0.25, 0.3) is 0 Å². The first-order valence-corrected chi connectivity index (χ1v) is 3.61. The van der Waals surface area contributed by atoms with Crippen molar-refractivity contribution in [1.82, 2.24) is 5.32 Å². The number of hydrogen-bond acceptors (Lipinski definition) is 2. The number of likely N-dealkylation sites (N-methyl/N-ethyl adjacent to an activating group) is 1. The molecule has 0 rings (SSSR count). The summed E-state index contributed by atoms with van der Waals surface area (Å²) in [5, 5.41) is 3.01. The number of nitrogens with one attached hydrogen (secondary N) is 1. The smallest absolute Gasteiger partial charge is 0.105 e. The van der Waals surface area contributed by atoms with Crippen molar-refractivity contribution in [3.05, 3.63) is 11.8 Å². The highest BCUT2D eigenvalue weighted by molar-refractivity contribution is 4.91. The van der Waals surface area contributed by atoms with Gasteiger partial charge < -0.3 is 10.1 Å². The molecule has 0 aromatic carbocycles. The maximum atomic E-state index is 5.23. The molecule has 0 amide bonds. The molecular formula is C9H17NO. The minimum Gasteiger partial charge on any atom is -0.497 e. The second-order valence-electron chi connectivity index (χ2n) is 1.72. The van der Waals surface area contributed by atoms with Gasteiger partial charge in [0, 0.05) is 0 Å². The molecule has 0 radical (unpaired) electrons. The molecule has 0 aromatic rings. The fourth-order valence-electron chi connectivity index (χ4n) is 0.596. The van der Waals surface area contributed by atoms with Gasteiger partial charge in [-0.2, -0.15) is 0 Å². The summed E-state index contributed by atoms with van der Waals surface area (Å²) in [5.41, 5.74) is 0. The minimum atomic E-state index is 0.751. The van der Waals surface area contributed by atoms with E-state index in [9.17, 15) is 0 Å². The monoisotopic (exact) mass is 155 g/mol. The lowest BCUT2D eigenvalue weighted by molar-refractivity contribution is 0.222. The highest BCUT2D eigenvalue weighted by Gasteiger charge is 1.89. The van der Waals surface area contributed by atoms with Crippen LogP contribution in [0.1, 0.15) is 13.8 Å². The fourth-order valence-corrected chi connectivity index (χ4v) is 0.596. The molecular weight excluding hydrogens is 138 g/mol. The van der Waals surface area contributed by atoms with Gasteiger partial charge in [0.1, 0.15) is 5.76 Å². The number of hydrogen-bond donors (Lipinski definition) is 1. The van der Waals surface area contributed by atoms with E-state index < -0.39 is 0 Å². The van der Waals surface area contributed by atoms with Crippen molar-refractivity contribution < 1.29 is 4.74 Å². The van der Waals surface area contributed by atoms with Gasteiger partial charge in [0.05, 0.1) is 13.2 Å². The van der Waals surface area contributed by atoms with Crippen molar-refractivity contribution in [3.8, 4) is 12.8 Å². The Labute approximate surface area is 69.6 Å². The molecule has 0 fully saturated rings. The van der Waals surface area contributed by atoms with Gasteiger partial charge in [-0.25, -0.2) is 0 Å². The van der Waals surface area contributed by atoms with Crippen molar-refractivity contribution in [2.24, 2.45) is 0 Å². The van der Waals surface area contributed by atoms with Crippen molar-refractivity contribution in [3.63, 3.8) is 0 Å². The lowest BCUT2D eigenvalue weighted by Gasteiger charge is -2.05. The molecule has 0 aliphatic carbocycles. The molecule has 0 aromatic heterocycles. The highest BCUT2D eigenvalue weighted by atomic mass is 16.5. The third kappa shape index (κ3) is 9.06. The van der Waals surface area contributed by atoms with Crippen LogP contribution in [-0.4, -0.2) is 20.2 Å². The van der Waals surface area contributed by atoms with Crippen LogP contribution in [0.2, 0.25) is 0 Å². The van der Waals surface area contributed by atoms with E-state index in [0.717, 1.165) is 18.9 Å². The highest BCUT2D eigenvalue weighted by Crippen LogP contribution is 1.92. The van der Waals surface area contributed by atoms with Crippen LogP contribution < -0.4 is 5.32 Å². The predicted octanol–water partition coefficient (Wildman–Crippen LogP) is 1.40. The van der Waals surface area contributed by atoms with Gasteiger partial charge in [0.2, 0.25) is 0 Å². The third-order valence-electron chi connectivity index (χ3n) is 1.00. The lowest BCUT2D eigenvalue weighted by Crippen LogP contribution is -2.12. The molecule has 0 atom stereocenters. The zero-order valence-corrected chi connectivity index (χ0v) is 7.55. The number of rotatable bonds is 4. The Morgan fingerprint density at radius 3 is 2.36 bits per heavy atom. The average Bonchev–Trinajstić information content (AvgIpc) is 2.08. The molecule has 0 saturated heterocycles. The largest absolute Gasteiger partial charge is 0.497 e. The van der Waals surface area contributed by atoms with Crippen molar-refractivity contribution in [2.45, 2.75) is 13.8 Å². The summed E-state index contributed by atoms with van der Waals surface area (Å²) >= 11 is 0. The van der Waals surface area contributed by atoms with Crippen LogP contribution in [0.5, 0.6) is 0 Å². The fraction of sp³-hybridized carbons (Fsp3) is 0.556. The Morgan fingerprint density at radius 1 is 1.55 bits per heavy atom. The summed E-state index contributed by atoms with van der Waals surface area (Å²) in [6.45, 7) is 5.53. The van der Waals surface area contributed by atoms with Gasteiger partial charge >= 0.3 is 0 Å². The SMILES string of the molecule is C#C.C/C=C(/CNC)OCC. The standard InChI is InChI=1S/C7H15NO.C2H2/c1-4-7(6-8-3)9-5-2;1-2/h4,8H,5-6H2,1-3H3;1-2H/b7-4-;. The van der Waals surface area contributed by atoms with E-state index in [1.807, 2.05) is 27.0 Å². The summed E-state index contributed by atoms with van der Waals surface area (Å²) in [7, 11) is 1.91. The molecule has 2 nitrogen and oxygen atoms in total. The van der Waals surface area contributed by atoms with Crippen LogP contribution in [-0.2, 0) is 4.74 Å². The second kappa shape index (κ2) is 11.8. The Balaban J connectivity index is 0. The molecule has 0 saturated carbocycles. The van der Waals surface area contributed by atoms with Crippen LogP contribution in [0.15, 0.2) is 11.8 Å². The number of allylic oxidation sites excluding steroid dienone is 1. The first-order valence-electron chi connectivity index (χ1n) is 3.61. The topological polar surface area (TPSA) is 21.3 Å². The van der Waals surface area contributed by atoms with Crippen molar-refractivity contribution >= 4 is 0 Å². The number of terminal acetylenes is 1. The minimum absolute atomic E-state index is 0.751. The molecule has 11 heavy (non-hydrogen) atoms. The predicted molar refractivity (Wildman–Crippen MR) is 49.2 cm³/mol. The first-order chi connectivity index (χ1) is 5.35. The first kappa shape index (κ1) is 12.7. The molecule has 0 aliphatic rings. The van der Waals surface area contributed by atoms with E-state index in [1.165, 1.54) is 0 Å². The number of ether oxygens (including phenoxy) is 1. The van der Waals surface area contributed by atoms with E-state index in [1.54, 1.807) is 0 Å². The maximum absolute atomic E-state index is 5.23. The molecule has 1 N–H and O–H groups in total. The summed E-state index contributed by atoms with van der Waals surface area (Å²) in [5.74, 6) is 1.01. The molecule has 0 aliphatic heterocycles. The van der Waals surface area contributed by atoms with E-state index in [2.05, 4.69) is 18.2 Å². The Morgan fingerprint density at radius 2 is 2.09 bits per heavy atom. The van der Waals surface area contributed by atoms with Gasteiger partial charge in [0.15, 0.2) is 0 Å². The third-order valence-corrected chi connectivity index (χ3v) is 1.00. The molecule has 0 bridgehead atoms. The maximum Gasteiger partial charge on any atom is 0.105 e. The molecule has 2 heteroatoms. The van der Waals surface area contributed by atoms with E-state index in [0.29, 0.717) is 0 Å². The van der Waals surface area contributed by atoms with Crippen LogP contribution in [0, 0.1) is 12.8 Å². The van der Waals surface area contributed by atoms with Crippen LogP contribution in [0.4, 0.5) is 0 Å². The van der Waals surface area contributed by atoms with E-state index in [-0.39, 0.29) is 0 Å². The average molecular weight is 155 g/mol. The van der Waals surface area contributed by atoms with Gasteiger partial charge in [-0.15, -0.1) is 12.8 Å². The Kier molecular flexibility index (Phi) is 13.6. The second-order valence-corrected chi connectivity index (χ2v) is 1.72. The zero-order valence-electron chi connectivity index (χ0n) is 7.55. The molecule has 64 valence electrons. The van der Waals surface area contributed by atoms with E-state index in [4.69, 9.17) is 4.74 Å². The summed E-state index contributed by atoms with van der Waals surface area (Å²) < 4.78 is 5.23. The summed E-state index contributed by atoms with van der Waals surface area (Å²) in [6, 6.07) is 0. The van der Waals surface area contributed by atoms with Gasteiger partial charge in [-0.3, -0.25) is 0 Å². The molecule has 0 spiro atoms.